The van der Waals surface area contributed by atoms with Gasteiger partial charge in [0.05, 0.1) is 11.6 Å². The van der Waals surface area contributed by atoms with Crippen molar-refractivity contribution in [1.82, 2.24) is 0 Å². The lowest BCUT2D eigenvalue weighted by atomic mass is 10.1. The number of rotatable bonds is 5. The zero-order valence-electron chi connectivity index (χ0n) is 12.8. The monoisotopic (exact) mass is 373 g/mol. The highest BCUT2D eigenvalue weighted by atomic mass is 79.9. The van der Waals surface area contributed by atoms with Gasteiger partial charge in [-0.3, -0.25) is 9.59 Å². The molecule has 1 amide bonds. The van der Waals surface area contributed by atoms with Crippen molar-refractivity contribution < 1.29 is 14.3 Å². The number of amides is 1. The lowest BCUT2D eigenvalue weighted by Gasteiger charge is -2.04. The summed E-state index contributed by atoms with van der Waals surface area (Å²) in [4.78, 5) is 23.3. The minimum absolute atomic E-state index is 0.0419. The average Bonchev–Trinajstić information content (AvgIpc) is 2.53. The van der Waals surface area contributed by atoms with Gasteiger partial charge in [-0.2, -0.15) is 0 Å². The van der Waals surface area contributed by atoms with Gasteiger partial charge in [-0.05, 0) is 58.8 Å². The van der Waals surface area contributed by atoms with Gasteiger partial charge in [-0.1, -0.05) is 18.2 Å². The Labute approximate surface area is 143 Å². The third kappa shape index (κ3) is 4.79. The molecule has 0 aromatic heterocycles. The van der Waals surface area contributed by atoms with E-state index in [0.29, 0.717) is 11.3 Å². The molecule has 0 aliphatic heterocycles. The molecule has 0 unspecified atom stereocenters. The van der Waals surface area contributed by atoms with Crippen LogP contribution in [-0.4, -0.2) is 18.8 Å². The maximum Gasteiger partial charge on any atom is 0.248 e. The third-order valence-corrected chi connectivity index (χ3v) is 3.76. The van der Waals surface area contributed by atoms with Crippen LogP contribution in [0.15, 0.2) is 53.0 Å². The second-order valence-corrected chi connectivity index (χ2v) is 5.71. The second-order valence-electron chi connectivity index (χ2n) is 4.85. The largest absolute Gasteiger partial charge is 0.496 e. The Bertz CT molecular complexity index is 769. The number of ether oxygens (including phenoxy) is 1. The molecule has 0 heterocycles. The van der Waals surface area contributed by atoms with Crippen LogP contribution in [0.3, 0.4) is 0 Å². The lowest BCUT2D eigenvalue weighted by Crippen LogP contribution is -2.08. The SMILES string of the molecule is COc1ccc(/C=C/C(=O)Nc2cccc(C(C)=O)c2)cc1Br. The van der Waals surface area contributed by atoms with Crippen molar-refractivity contribution in [3.8, 4) is 5.75 Å². The number of halogens is 1. The van der Waals surface area contributed by atoms with E-state index in [1.807, 2.05) is 18.2 Å². The zero-order valence-corrected chi connectivity index (χ0v) is 14.4. The highest BCUT2D eigenvalue weighted by molar-refractivity contribution is 9.10. The Hall–Kier alpha value is -2.40. The molecule has 2 aromatic carbocycles. The molecule has 0 aliphatic carbocycles. The standard InChI is InChI=1S/C18H16BrNO3/c1-12(21)14-4-3-5-15(11-14)20-18(22)9-7-13-6-8-17(23-2)16(19)10-13/h3-11H,1-2H3,(H,20,22)/b9-7+. The van der Waals surface area contributed by atoms with Gasteiger partial charge in [0.1, 0.15) is 5.75 Å². The zero-order chi connectivity index (χ0) is 16.8. The van der Waals surface area contributed by atoms with Crippen molar-refractivity contribution in [3.05, 3.63) is 64.1 Å². The first-order chi connectivity index (χ1) is 11.0. The smallest absolute Gasteiger partial charge is 0.248 e. The van der Waals surface area contributed by atoms with Crippen LogP contribution >= 0.6 is 15.9 Å². The van der Waals surface area contributed by atoms with Gasteiger partial charge in [0.2, 0.25) is 5.91 Å². The number of hydrogen-bond acceptors (Lipinski definition) is 3. The number of anilines is 1. The fourth-order valence-corrected chi connectivity index (χ4v) is 2.52. The predicted octanol–water partition coefficient (Wildman–Crippen LogP) is 4.31. The summed E-state index contributed by atoms with van der Waals surface area (Å²) in [5, 5.41) is 2.73. The summed E-state index contributed by atoms with van der Waals surface area (Å²) < 4.78 is 5.97. The van der Waals surface area contributed by atoms with Crippen LogP contribution in [0.5, 0.6) is 5.75 Å². The molecule has 0 radical (unpaired) electrons. The molecule has 0 saturated carbocycles. The molecule has 23 heavy (non-hydrogen) atoms. The van der Waals surface area contributed by atoms with Crippen LogP contribution in [0, 0.1) is 0 Å². The summed E-state index contributed by atoms with van der Waals surface area (Å²) in [7, 11) is 1.60. The van der Waals surface area contributed by atoms with Crippen LogP contribution in [0.25, 0.3) is 6.08 Å². The highest BCUT2D eigenvalue weighted by Gasteiger charge is 2.03. The fourth-order valence-electron chi connectivity index (χ4n) is 1.96. The van der Waals surface area contributed by atoms with E-state index in [1.165, 1.54) is 13.0 Å². The average molecular weight is 374 g/mol. The van der Waals surface area contributed by atoms with Gasteiger partial charge in [0.15, 0.2) is 5.78 Å². The van der Waals surface area contributed by atoms with Gasteiger partial charge in [-0.25, -0.2) is 0 Å². The van der Waals surface area contributed by atoms with Gasteiger partial charge >= 0.3 is 0 Å². The van der Waals surface area contributed by atoms with Gasteiger partial charge < -0.3 is 10.1 Å². The third-order valence-electron chi connectivity index (χ3n) is 3.14. The minimum Gasteiger partial charge on any atom is -0.496 e. The Morgan fingerprint density at radius 3 is 2.61 bits per heavy atom. The van der Waals surface area contributed by atoms with Crippen LogP contribution in [0.4, 0.5) is 5.69 Å². The molecule has 5 heteroatoms. The number of benzene rings is 2. The van der Waals surface area contributed by atoms with Crippen molar-refractivity contribution in [1.29, 1.82) is 0 Å². The molecule has 0 atom stereocenters. The number of hydrogen-bond donors (Lipinski definition) is 1. The molecule has 118 valence electrons. The number of nitrogens with one attached hydrogen (secondary N) is 1. The minimum atomic E-state index is -0.266. The lowest BCUT2D eigenvalue weighted by molar-refractivity contribution is -0.111. The van der Waals surface area contributed by atoms with Gasteiger partial charge in [-0.15, -0.1) is 0 Å². The van der Waals surface area contributed by atoms with Crippen LogP contribution in [0.1, 0.15) is 22.8 Å². The Morgan fingerprint density at radius 2 is 1.96 bits per heavy atom. The molecule has 0 bridgehead atoms. The van der Waals surface area contributed by atoms with Gasteiger partial charge in [0, 0.05) is 17.3 Å². The normalized spacial score (nSPS) is 10.6. The summed E-state index contributed by atoms with van der Waals surface area (Å²) in [5.41, 5.74) is 2.01. The molecular formula is C18H16BrNO3. The van der Waals surface area contributed by atoms with Crippen LogP contribution in [-0.2, 0) is 4.79 Å². The maximum atomic E-state index is 12.0. The number of Topliss-reactive ketones (excluding diaryl/α,β-unsaturated/α-hetero) is 1. The molecule has 0 saturated heterocycles. The Kier molecular flexibility index (Phi) is 5.71. The van der Waals surface area contributed by atoms with Crippen molar-refractivity contribution in [3.63, 3.8) is 0 Å². The molecule has 4 nitrogen and oxygen atoms in total. The van der Waals surface area contributed by atoms with E-state index in [0.717, 1.165) is 15.8 Å². The predicted molar refractivity (Wildman–Crippen MR) is 94.8 cm³/mol. The molecule has 0 spiro atoms. The number of carbonyl (C=O) groups is 2. The van der Waals surface area contributed by atoms with Crippen molar-refractivity contribution in [2.75, 3.05) is 12.4 Å². The van der Waals surface area contributed by atoms with E-state index in [4.69, 9.17) is 4.74 Å². The summed E-state index contributed by atoms with van der Waals surface area (Å²) in [6, 6.07) is 12.4. The number of methoxy groups -OCH3 is 1. The first-order valence-corrected chi connectivity index (χ1v) is 7.72. The Morgan fingerprint density at radius 1 is 1.17 bits per heavy atom. The summed E-state index contributed by atoms with van der Waals surface area (Å²) in [6.45, 7) is 1.49. The fraction of sp³-hybridized carbons (Fsp3) is 0.111. The number of carbonyl (C=O) groups excluding carboxylic acids is 2. The first-order valence-electron chi connectivity index (χ1n) is 6.93. The molecular weight excluding hydrogens is 358 g/mol. The summed E-state index contributed by atoms with van der Waals surface area (Å²) in [6.07, 6.45) is 3.14. The molecule has 2 rings (SSSR count). The van der Waals surface area contributed by atoms with Crippen LogP contribution in [0.2, 0.25) is 0 Å². The van der Waals surface area contributed by atoms with E-state index in [9.17, 15) is 9.59 Å². The maximum absolute atomic E-state index is 12.0. The topological polar surface area (TPSA) is 55.4 Å². The van der Waals surface area contributed by atoms with E-state index in [1.54, 1.807) is 37.5 Å². The van der Waals surface area contributed by atoms with E-state index < -0.39 is 0 Å². The molecule has 0 aliphatic rings. The highest BCUT2D eigenvalue weighted by Crippen LogP contribution is 2.25. The molecule has 1 N–H and O–H groups in total. The van der Waals surface area contributed by atoms with Crippen LogP contribution < -0.4 is 10.1 Å². The first kappa shape index (κ1) is 17.0. The van der Waals surface area contributed by atoms with E-state index in [2.05, 4.69) is 21.2 Å². The number of ketones is 1. The van der Waals surface area contributed by atoms with Gasteiger partial charge in [0.25, 0.3) is 0 Å². The molecule has 0 fully saturated rings. The van der Waals surface area contributed by atoms with E-state index >= 15 is 0 Å². The van der Waals surface area contributed by atoms with Crippen molar-refractivity contribution >= 4 is 39.4 Å². The van der Waals surface area contributed by atoms with Crippen molar-refractivity contribution in [2.45, 2.75) is 6.92 Å². The Balaban J connectivity index is 2.05. The summed E-state index contributed by atoms with van der Waals surface area (Å²) in [5.74, 6) is 0.421. The van der Waals surface area contributed by atoms with E-state index in [-0.39, 0.29) is 11.7 Å². The van der Waals surface area contributed by atoms with Crippen molar-refractivity contribution in [2.24, 2.45) is 0 Å². The molecule has 2 aromatic rings. The quantitative estimate of drug-likeness (QED) is 0.627. The second kappa shape index (κ2) is 7.74. The summed E-state index contributed by atoms with van der Waals surface area (Å²) >= 11 is 3.40.